The van der Waals surface area contributed by atoms with Gasteiger partial charge in [-0.1, -0.05) is 6.07 Å². The molecule has 3 aromatic rings. The molecule has 0 radical (unpaired) electrons. The lowest BCUT2D eigenvalue weighted by Crippen LogP contribution is -2.31. The molecule has 0 aliphatic carbocycles. The van der Waals surface area contributed by atoms with Crippen LogP contribution in [0.3, 0.4) is 0 Å². The molecule has 0 aromatic carbocycles. The molecule has 122 valence electrons. The van der Waals surface area contributed by atoms with Crippen LogP contribution in [0.15, 0.2) is 53.7 Å². The minimum absolute atomic E-state index is 0.216. The van der Waals surface area contributed by atoms with Gasteiger partial charge >= 0.3 is 5.69 Å². The summed E-state index contributed by atoms with van der Waals surface area (Å²) in [6.45, 7) is 0.566. The van der Waals surface area contributed by atoms with Crippen LogP contribution in [0.2, 0.25) is 0 Å². The third-order valence-corrected chi connectivity index (χ3v) is 3.49. The first-order valence-corrected chi connectivity index (χ1v) is 7.40. The Balaban J connectivity index is 1.68. The maximum absolute atomic E-state index is 12.2. The van der Waals surface area contributed by atoms with Crippen LogP contribution in [0.25, 0.3) is 11.5 Å². The van der Waals surface area contributed by atoms with Crippen LogP contribution in [0, 0.1) is 0 Å². The highest BCUT2D eigenvalue weighted by Crippen LogP contribution is 2.10. The second-order valence-electron chi connectivity index (χ2n) is 5.10. The summed E-state index contributed by atoms with van der Waals surface area (Å²) in [6, 6.07) is 8.67. The second-order valence-corrected chi connectivity index (χ2v) is 5.10. The number of nitrogens with zero attached hydrogens (tertiary/aromatic N) is 5. The van der Waals surface area contributed by atoms with Gasteiger partial charge in [0.05, 0.1) is 6.54 Å². The Morgan fingerprint density at radius 2 is 1.96 bits per heavy atom. The van der Waals surface area contributed by atoms with E-state index in [1.807, 2.05) is 6.07 Å². The van der Waals surface area contributed by atoms with Gasteiger partial charge in [0.25, 0.3) is 5.91 Å². The lowest BCUT2D eigenvalue weighted by molar-refractivity contribution is 0.0951. The zero-order valence-electron chi connectivity index (χ0n) is 13.1. The molecule has 0 saturated carbocycles. The molecule has 0 saturated heterocycles. The van der Waals surface area contributed by atoms with Crippen LogP contribution in [-0.2, 0) is 13.6 Å². The summed E-state index contributed by atoms with van der Waals surface area (Å²) in [5.41, 5.74) is 0.887. The van der Waals surface area contributed by atoms with Crippen molar-refractivity contribution in [2.45, 2.75) is 6.54 Å². The first-order valence-electron chi connectivity index (χ1n) is 7.40. The maximum atomic E-state index is 12.2. The molecule has 0 spiro atoms. The lowest BCUT2D eigenvalue weighted by Gasteiger charge is -2.04. The van der Waals surface area contributed by atoms with Gasteiger partial charge in [0.2, 0.25) is 0 Å². The van der Waals surface area contributed by atoms with E-state index in [1.165, 1.54) is 9.25 Å². The normalized spacial score (nSPS) is 10.5. The zero-order chi connectivity index (χ0) is 16.9. The van der Waals surface area contributed by atoms with E-state index in [0.29, 0.717) is 23.6 Å². The number of hydrogen-bond acceptors (Lipinski definition) is 5. The smallest absolute Gasteiger partial charge is 0.346 e. The van der Waals surface area contributed by atoms with Crippen molar-refractivity contribution in [2.24, 2.45) is 7.05 Å². The molecule has 0 aliphatic rings. The molecule has 1 amide bonds. The van der Waals surface area contributed by atoms with E-state index in [4.69, 9.17) is 0 Å². The van der Waals surface area contributed by atoms with Crippen molar-refractivity contribution in [1.29, 1.82) is 0 Å². The SMILES string of the molecule is Cn1c(-c2ccccn2)nn(CCNC(=O)c2ccncc2)c1=O. The minimum atomic E-state index is -0.256. The molecular weight excluding hydrogens is 308 g/mol. The van der Waals surface area contributed by atoms with Gasteiger partial charge in [-0.15, -0.1) is 5.10 Å². The van der Waals surface area contributed by atoms with Gasteiger partial charge in [-0.05, 0) is 24.3 Å². The summed E-state index contributed by atoms with van der Waals surface area (Å²) in [5.74, 6) is 0.271. The number of carbonyl (C=O) groups excluding carboxylic acids is 1. The van der Waals surface area contributed by atoms with Gasteiger partial charge in [-0.25, -0.2) is 9.48 Å². The Labute approximate surface area is 137 Å². The molecule has 8 nitrogen and oxygen atoms in total. The second kappa shape index (κ2) is 6.86. The number of rotatable bonds is 5. The molecule has 0 fully saturated rings. The molecule has 0 unspecified atom stereocenters. The van der Waals surface area contributed by atoms with Crippen LogP contribution in [-0.4, -0.2) is 36.8 Å². The number of hydrogen-bond donors (Lipinski definition) is 1. The van der Waals surface area contributed by atoms with Crippen LogP contribution in [0.4, 0.5) is 0 Å². The highest BCUT2D eigenvalue weighted by molar-refractivity contribution is 5.93. The third kappa shape index (κ3) is 3.22. The van der Waals surface area contributed by atoms with E-state index in [0.717, 1.165) is 0 Å². The summed E-state index contributed by atoms with van der Waals surface area (Å²) in [7, 11) is 1.64. The van der Waals surface area contributed by atoms with Gasteiger partial charge in [-0.3, -0.25) is 19.3 Å². The van der Waals surface area contributed by atoms with E-state index in [2.05, 4.69) is 20.4 Å². The number of nitrogens with one attached hydrogen (secondary N) is 1. The van der Waals surface area contributed by atoms with Crippen LogP contribution in [0.5, 0.6) is 0 Å². The van der Waals surface area contributed by atoms with Crippen LogP contribution >= 0.6 is 0 Å². The number of carbonyl (C=O) groups is 1. The van der Waals surface area contributed by atoms with Gasteiger partial charge in [0.15, 0.2) is 5.82 Å². The number of pyridine rings is 2. The molecule has 3 rings (SSSR count). The van der Waals surface area contributed by atoms with Gasteiger partial charge in [-0.2, -0.15) is 0 Å². The van der Waals surface area contributed by atoms with Crippen LogP contribution < -0.4 is 11.0 Å². The standard InChI is InChI=1S/C16H16N6O2/c1-21-14(13-4-2-3-7-18-13)20-22(16(21)24)11-10-19-15(23)12-5-8-17-9-6-12/h2-9H,10-11H2,1H3,(H,19,23). The average molecular weight is 324 g/mol. The highest BCUT2D eigenvalue weighted by Gasteiger charge is 2.13. The van der Waals surface area contributed by atoms with Crippen molar-refractivity contribution in [3.05, 3.63) is 65.0 Å². The molecular formula is C16H16N6O2. The summed E-state index contributed by atoms with van der Waals surface area (Å²) in [6.07, 6.45) is 4.75. The van der Waals surface area contributed by atoms with Crippen molar-refractivity contribution < 1.29 is 4.79 Å². The predicted molar refractivity (Wildman–Crippen MR) is 87.3 cm³/mol. The van der Waals surface area contributed by atoms with Crippen molar-refractivity contribution in [1.82, 2.24) is 29.6 Å². The summed E-state index contributed by atoms with van der Waals surface area (Å²) in [4.78, 5) is 32.2. The van der Waals surface area contributed by atoms with Crippen LogP contribution in [0.1, 0.15) is 10.4 Å². The third-order valence-electron chi connectivity index (χ3n) is 3.49. The molecule has 0 bridgehead atoms. The van der Waals surface area contributed by atoms with Gasteiger partial charge in [0.1, 0.15) is 5.69 Å². The van der Waals surface area contributed by atoms with E-state index in [1.54, 1.807) is 49.9 Å². The van der Waals surface area contributed by atoms with E-state index >= 15 is 0 Å². The zero-order valence-corrected chi connectivity index (χ0v) is 13.1. The van der Waals surface area contributed by atoms with Crippen molar-refractivity contribution in [2.75, 3.05) is 6.54 Å². The fourth-order valence-electron chi connectivity index (χ4n) is 2.23. The molecule has 0 aliphatic heterocycles. The topological polar surface area (TPSA) is 94.7 Å². The number of amides is 1. The molecule has 8 heteroatoms. The van der Waals surface area contributed by atoms with Crippen molar-refractivity contribution >= 4 is 5.91 Å². The average Bonchev–Trinajstić information content (AvgIpc) is 2.92. The minimum Gasteiger partial charge on any atom is -0.350 e. The molecule has 24 heavy (non-hydrogen) atoms. The largest absolute Gasteiger partial charge is 0.350 e. The quantitative estimate of drug-likeness (QED) is 0.736. The summed E-state index contributed by atoms with van der Waals surface area (Å²) in [5, 5.41) is 7.04. The lowest BCUT2D eigenvalue weighted by atomic mass is 10.2. The molecule has 3 aromatic heterocycles. The molecule has 1 N–H and O–H groups in total. The maximum Gasteiger partial charge on any atom is 0.346 e. The monoisotopic (exact) mass is 324 g/mol. The van der Waals surface area contributed by atoms with E-state index in [-0.39, 0.29) is 18.1 Å². The molecule has 3 heterocycles. The van der Waals surface area contributed by atoms with E-state index < -0.39 is 0 Å². The van der Waals surface area contributed by atoms with Gasteiger partial charge in [0, 0.05) is 37.7 Å². The Morgan fingerprint density at radius 1 is 1.17 bits per heavy atom. The van der Waals surface area contributed by atoms with Crippen molar-refractivity contribution in [3.8, 4) is 11.5 Å². The van der Waals surface area contributed by atoms with Gasteiger partial charge < -0.3 is 5.32 Å². The first kappa shape index (κ1) is 15.6. The Bertz CT molecular complexity index is 886. The van der Waals surface area contributed by atoms with Crippen molar-refractivity contribution in [3.63, 3.8) is 0 Å². The summed E-state index contributed by atoms with van der Waals surface area (Å²) >= 11 is 0. The highest BCUT2D eigenvalue weighted by atomic mass is 16.2. The Kier molecular flexibility index (Phi) is 4.46. The number of aromatic nitrogens is 5. The first-order chi connectivity index (χ1) is 11.7. The predicted octanol–water partition coefficient (Wildman–Crippen LogP) is 0.469. The summed E-state index contributed by atoms with van der Waals surface area (Å²) < 4.78 is 2.75. The molecule has 0 atom stereocenters. The fourth-order valence-corrected chi connectivity index (χ4v) is 2.23. The van der Waals surface area contributed by atoms with E-state index in [9.17, 15) is 9.59 Å². The Hall–Kier alpha value is -3.29. The fraction of sp³-hybridized carbons (Fsp3) is 0.188. The Morgan fingerprint density at radius 3 is 2.67 bits per heavy atom.